The van der Waals surface area contributed by atoms with Gasteiger partial charge in [-0.2, -0.15) is 0 Å². The van der Waals surface area contributed by atoms with E-state index in [0.717, 1.165) is 100 Å². The minimum Gasteiger partial charge on any atom is -0.378 e. The van der Waals surface area contributed by atoms with Crippen LogP contribution in [0.3, 0.4) is 0 Å². The van der Waals surface area contributed by atoms with E-state index in [1.165, 1.54) is 49.7 Å². The van der Waals surface area contributed by atoms with E-state index in [1.807, 2.05) is 76.7 Å². The number of nitrogens with one attached hydrogen (secondary N) is 2. The molecule has 0 bridgehead atoms. The van der Waals surface area contributed by atoms with Crippen molar-refractivity contribution < 1.29 is 9.59 Å². The van der Waals surface area contributed by atoms with Crippen LogP contribution in [0.25, 0.3) is 0 Å². The molecule has 8 nitrogen and oxygen atoms in total. The quantitative estimate of drug-likeness (QED) is 0.195. The smallest absolute Gasteiger partial charge is 0.321 e. The Labute approximate surface area is 302 Å². The zero-order chi connectivity index (χ0) is 35.3. The Morgan fingerprint density at radius 2 is 0.960 bits per heavy atom. The van der Waals surface area contributed by atoms with Gasteiger partial charge in [-0.05, 0) is 150 Å². The van der Waals surface area contributed by atoms with Gasteiger partial charge in [0.1, 0.15) is 0 Å². The molecule has 272 valence electrons. The molecule has 0 spiro atoms. The van der Waals surface area contributed by atoms with E-state index in [1.54, 1.807) is 0 Å². The Morgan fingerprint density at radius 3 is 1.28 bits per heavy atom. The van der Waals surface area contributed by atoms with Gasteiger partial charge in [-0.1, -0.05) is 23.3 Å². The maximum atomic E-state index is 13.7. The molecule has 1 fully saturated rings. The van der Waals surface area contributed by atoms with E-state index in [9.17, 15) is 9.59 Å². The molecule has 5 rings (SSSR count). The maximum absolute atomic E-state index is 13.7. The minimum atomic E-state index is -0.000357. The first-order chi connectivity index (χ1) is 24.2. The fourth-order valence-corrected chi connectivity index (χ4v) is 7.68. The van der Waals surface area contributed by atoms with Gasteiger partial charge in [-0.15, -0.1) is 0 Å². The third-order valence-corrected chi connectivity index (χ3v) is 10.9. The number of hydrogen-bond donors (Lipinski definition) is 2. The topological polar surface area (TPSA) is 71.2 Å². The van der Waals surface area contributed by atoms with Crippen molar-refractivity contribution in [2.75, 3.05) is 74.8 Å². The Hall–Kier alpha value is -3.94. The second-order valence-electron chi connectivity index (χ2n) is 15.2. The summed E-state index contributed by atoms with van der Waals surface area (Å²) in [6.07, 6.45) is 20.8. The van der Waals surface area contributed by atoms with Gasteiger partial charge in [-0.3, -0.25) is 0 Å². The highest BCUT2D eigenvalue weighted by Crippen LogP contribution is 2.32. The third kappa shape index (κ3) is 11.6. The molecule has 0 aliphatic heterocycles. The van der Waals surface area contributed by atoms with Crippen LogP contribution < -0.4 is 20.4 Å². The molecule has 1 saturated carbocycles. The predicted molar refractivity (Wildman–Crippen MR) is 211 cm³/mol. The molecule has 2 aromatic rings. The summed E-state index contributed by atoms with van der Waals surface area (Å²) >= 11 is 0. The first-order valence-corrected chi connectivity index (χ1v) is 19.3. The van der Waals surface area contributed by atoms with Gasteiger partial charge < -0.3 is 30.2 Å². The van der Waals surface area contributed by atoms with Gasteiger partial charge in [0.05, 0.1) is 0 Å². The molecule has 0 radical (unpaired) electrons. The molecule has 0 heterocycles. The molecule has 0 aromatic heterocycles. The Balaban J connectivity index is 1.18. The van der Waals surface area contributed by atoms with E-state index in [2.05, 4.69) is 42.4 Å². The van der Waals surface area contributed by atoms with Crippen LogP contribution in [-0.2, 0) is 0 Å². The number of rotatable bonds is 14. The third-order valence-electron chi connectivity index (χ3n) is 10.9. The lowest BCUT2D eigenvalue weighted by molar-refractivity contribution is 0.161. The lowest BCUT2D eigenvalue weighted by Crippen LogP contribution is -2.42. The summed E-state index contributed by atoms with van der Waals surface area (Å²) in [5.74, 6) is 0.941. The summed E-state index contributed by atoms with van der Waals surface area (Å²) < 4.78 is 0. The number of nitrogens with zero attached hydrogens (tertiary/aromatic N) is 4. The average molecular weight is 683 g/mol. The normalized spacial score (nSPS) is 19.1. The van der Waals surface area contributed by atoms with Crippen molar-refractivity contribution >= 4 is 34.8 Å². The van der Waals surface area contributed by atoms with E-state index in [0.29, 0.717) is 11.8 Å². The fourth-order valence-electron chi connectivity index (χ4n) is 7.68. The van der Waals surface area contributed by atoms with Crippen LogP contribution in [0.15, 0.2) is 71.8 Å². The zero-order valence-electron chi connectivity index (χ0n) is 31.3. The summed E-state index contributed by atoms with van der Waals surface area (Å²) in [4.78, 5) is 35.7. The van der Waals surface area contributed by atoms with Crippen LogP contribution in [0.2, 0.25) is 0 Å². The fraction of sp³-hybridized carbons (Fsp3) is 0.571. The summed E-state index contributed by atoms with van der Waals surface area (Å²) in [6.45, 7) is 3.07. The van der Waals surface area contributed by atoms with Crippen molar-refractivity contribution in [2.24, 2.45) is 11.8 Å². The van der Waals surface area contributed by atoms with E-state index in [4.69, 9.17) is 0 Å². The number of urea groups is 2. The Bertz CT molecular complexity index is 1310. The van der Waals surface area contributed by atoms with Crippen LogP contribution >= 0.6 is 0 Å². The average Bonchev–Trinajstić information content (AvgIpc) is 3.13. The number of carbonyl (C=O) groups excluding carboxylic acids is 2. The van der Waals surface area contributed by atoms with Crippen LogP contribution in [-0.4, -0.2) is 76.2 Å². The van der Waals surface area contributed by atoms with E-state index in [-0.39, 0.29) is 12.1 Å². The van der Waals surface area contributed by atoms with Crippen molar-refractivity contribution in [1.82, 2.24) is 9.80 Å². The highest BCUT2D eigenvalue weighted by Gasteiger charge is 2.28. The van der Waals surface area contributed by atoms with Gasteiger partial charge >= 0.3 is 12.1 Å². The number of allylic oxidation sites excluding steroid dienone is 2. The first-order valence-electron chi connectivity index (χ1n) is 19.3. The van der Waals surface area contributed by atoms with Crippen LogP contribution in [0.5, 0.6) is 0 Å². The lowest BCUT2D eigenvalue weighted by Gasteiger charge is -2.35. The highest BCUT2D eigenvalue weighted by molar-refractivity contribution is 5.90. The molecule has 3 aliphatic rings. The molecule has 0 saturated heterocycles. The van der Waals surface area contributed by atoms with Crippen LogP contribution in [0, 0.1) is 11.8 Å². The predicted octanol–water partition coefficient (Wildman–Crippen LogP) is 9.77. The van der Waals surface area contributed by atoms with E-state index >= 15 is 0 Å². The van der Waals surface area contributed by atoms with Crippen molar-refractivity contribution in [1.29, 1.82) is 0 Å². The number of amides is 4. The largest absolute Gasteiger partial charge is 0.378 e. The molecule has 2 aromatic carbocycles. The molecule has 50 heavy (non-hydrogen) atoms. The Kier molecular flexibility index (Phi) is 14.1. The second-order valence-corrected chi connectivity index (χ2v) is 15.2. The number of anilines is 4. The number of benzene rings is 2. The first kappa shape index (κ1) is 37.3. The summed E-state index contributed by atoms with van der Waals surface area (Å²) in [7, 11) is 8.10. The molecule has 4 amide bonds. The van der Waals surface area contributed by atoms with Crippen molar-refractivity contribution in [3.63, 3.8) is 0 Å². The molecule has 2 N–H and O–H groups in total. The summed E-state index contributed by atoms with van der Waals surface area (Å²) in [5, 5.41) is 6.39. The van der Waals surface area contributed by atoms with Crippen molar-refractivity contribution in [3.8, 4) is 0 Å². The number of hydrogen-bond acceptors (Lipinski definition) is 4. The monoisotopic (exact) mass is 682 g/mol. The molecule has 3 aliphatic carbocycles. The van der Waals surface area contributed by atoms with Crippen molar-refractivity contribution in [2.45, 2.75) is 89.9 Å². The van der Waals surface area contributed by atoms with Gasteiger partial charge in [-0.25, -0.2) is 9.59 Å². The van der Waals surface area contributed by atoms with Crippen LogP contribution in [0.4, 0.5) is 32.3 Å². The number of carbonyl (C=O) groups is 2. The van der Waals surface area contributed by atoms with Gasteiger partial charge in [0.15, 0.2) is 0 Å². The lowest BCUT2D eigenvalue weighted by atomic mass is 9.81. The molecular weight excluding hydrogens is 621 g/mol. The van der Waals surface area contributed by atoms with Gasteiger partial charge in [0.2, 0.25) is 0 Å². The second kappa shape index (κ2) is 18.9. The molecular formula is C42H62N6O2. The molecule has 0 atom stereocenters. The molecule has 8 heteroatoms. The summed E-state index contributed by atoms with van der Waals surface area (Å²) in [5.41, 5.74) is 6.90. The van der Waals surface area contributed by atoms with E-state index < -0.39 is 0 Å². The minimum absolute atomic E-state index is 0.000357. The SMILES string of the molecule is CN(C)c1ccc(NC(=O)N(CCC2=CCCCC2)C[C@H]2CC[C@@H](CN(CCC3=CCCCC3)C(=O)Nc3ccc(N(C)C)cc3)CC2)cc1. The standard InChI is InChI=1S/C42H62N6O2/c1-45(2)39-23-19-37(20-24-39)43-41(49)47(29-27-33-11-7-5-8-12-33)31-35-15-17-36(18-16-35)32-48(30-28-34-13-9-6-10-14-34)42(50)44-38-21-25-40(26-22-38)46(3)4/h11,13,19-26,35-36H,5-10,12,14-18,27-32H2,1-4H3,(H,43,49)(H,44,50)/t35-,36+. The summed E-state index contributed by atoms with van der Waals surface area (Å²) in [6, 6.07) is 16.2. The van der Waals surface area contributed by atoms with Gasteiger partial charge in [0, 0.05) is 77.1 Å². The molecule has 0 unspecified atom stereocenters. The van der Waals surface area contributed by atoms with Gasteiger partial charge in [0.25, 0.3) is 0 Å². The maximum Gasteiger partial charge on any atom is 0.321 e. The highest BCUT2D eigenvalue weighted by atomic mass is 16.2. The van der Waals surface area contributed by atoms with Crippen molar-refractivity contribution in [3.05, 3.63) is 71.8 Å². The van der Waals surface area contributed by atoms with Crippen LogP contribution in [0.1, 0.15) is 89.9 Å². The Morgan fingerprint density at radius 1 is 0.580 bits per heavy atom. The zero-order valence-corrected chi connectivity index (χ0v) is 31.3.